The zero-order chi connectivity index (χ0) is 33.0. The Morgan fingerprint density at radius 2 is 1.67 bits per heavy atom. The van der Waals surface area contributed by atoms with Crippen molar-refractivity contribution in [3.8, 4) is 23.0 Å². The summed E-state index contributed by atoms with van der Waals surface area (Å²) < 4.78 is 16.8. The third-order valence-electron chi connectivity index (χ3n) is 10.4. The first-order valence-corrected chi connectivity index (χ1v) is 14.5. The fraction of sp³-hybridized carbons (Fsp3) is 0.355. The monoisotopic (exact) mass is 654 g/mol. The third-order valence-corrected chi connectivity index (χ3v) is 10.8. The highest BCUT2D eigenvalue weighted by atomic mass is 35.5. The maximum absolute atomic E-state index is 14.5. The van der Waals surface area contributed by atoms with Crippen molar-refractivity contribution >= 4 is 46.4 Å². The number of phenolic OH excluding ortho intramolecular Hbond substituents is 3. The topological polar surface area (TPSA) is 241 Å². The number of ketones is 3. The molecule has 7 N–H and O–H groups in total. The Bertz CT molecular complexity index is 1990. The molecule has 2 aromatic carbocycles. The number of rotatable bonds is 2. The molecule has 46 heavy (non-hydrogen) atoms. The minimum absolute atomic E-state index is 0.132. The van der Waals surface area contributed by atoms with E-state index in [4.69, 9.17) is 25.8 Å². The van der Waals surface area contributed by atoms with E-state index in [1.54, 1.807) is 0 Å². The number of carbonyl (C=O) groups excluding carboxylic acids is 4. The van der Waals surface area contributed by atoms with Crippen molar-refractivity contribution in [2.45, 2.75) is 48.6 Å². The largest absolute Gasteiger partial charge is 0.507 e. The molecule has 14 nitrogen and oxygen atoms in total. The van der Waals surface area contributed by atoms with E-state index in [-0.39, 0.29) is 24.0 Å². The van der Waals surface area contributed by atoms with Gasteiger partial charge in [-0.25, -0.2) is 4.79 Å². The molecule has 2 heterocycles. The van der Waals surface area contributed by atoms with Crippen molar-refractivity contribution in [2.24, 2.45) is 5.41 Å². The molecule has 2 saturated carbocycles. The normalized spacial score (nSPS) is 33.2. The molecule has 238 valence electrons. The lowest BCUT2D eigenvalue weighted by atomic mass is 9.56. The van der Waals surface area contributed by atoms with Gasteiger partial charge in [-0.1, -0.05) is 11.6 Å². The van der Waals surface area contributed by atoms with Gasteiger partial charge >= 0.3 is 5.97 Å². The van der Waals surface area contributed by atoms with Gasteiger partial charge in [0.25, 0.3) is 5.60 Å². The molecule has 5 aliphatic carbocycles. The average molecular weight is 655 g/mol. The zero-order valence-corrected chi connectivity index (χ0v) is 24.3. The van der Waals surface area contributed by atoms with Crippen LogP contribution in [0.2, 0.25) is 5.02 Å². The van der Waals surface area contributed by atoms with Crippen molar-refractivity contribution < 1.29 is 69.1 Å². The minimum Gasteiger partial charge on any atom is -0.507 e. The van der Waals surface area contributed by atoms with Crippen molar-refractivity contribution in [2.75, 3.05) is 13.7 Å². The molecular weight excluding hydrogens is 632 g/mol. The van der Waals surface area contributed by atoms with Gasteiger partial charge in [-0.2, -0.15) is 0 Å². The number of esters is 1. The van der Waals surface area contributed by atoms with Crippen LogP contribution in [0.25, 0.3) is 11.5 Å². The fourth-order valence-electron chi connectivity index (χ4n) is 8.39. The minimum atomic E-state index is -2.59. The highest BCUT2D eigenvalue weighted by molar-refractivity contribution is 6.34. The standard InChI is InChI=1S/C31H23ClO14/c1-44-28(43)31-12(37)5-4-11(36)17(31)23(40)16-21(38)13-8(20(32)25(16)45-31)6-29-19(24(41)18(13)30(7-33)27(29)46-30)22(39)14-9(34)2-3-10(35)15(14)26(29)42/h2-3,12,18,27,33-35,37-40H,4-7H2,1H3/t12-,18-,27+,29+,30-,31+/m0/s1. The number of aromatic hydroxyl groups is 3. The Kier molecular flexibility index (Phi) is 5.38. The number of Topliss-reactive ketones (excluding diaryl/α,β-unsaturated/α-hetero) is 3. The summed E-state index contributed by atoms with van der Waals surface area (Å²) in [5.41, 5.74) is -9.88. The van der Waals surface area contributed by atoms with Crippen LogP contribution < -0.4 is 4.74 Å². The number of benzene rings is 2. The van der Waals surface area contributed by atoms with Gasteiger partial charge in [-0.05, 0) is 30.5 Å². The molecule has 1 saturated heterocycles. The van der Waals surface area contributed by atoms with Crippen LogP contribution in [0.4, 0.5) is 0 Å². The molecule has 0 radical (unpaired) electrons. The quantitative estimate of drug-likeness (QED) is 0.137. The number of aliphatic hydroxyl groups is 4. The predicted molar refractivity (Wildman–Crippen MR) is 151 cm³/mol. The molecule has 2 bridgehead atoms. The van der Waals surface area contributed by atoms with Crippen LogP contribution in [0.5, 0.6) is 23.0 Å². The number of halogens is 1. The van der Waals surface area contributed by atoms with E-state index in [1.807, 2.05) is 0 Å². The van der Waals surface area contributed by atoms with E-state index in [0.717, 1.165) is 19.2 Å². The summed E-state index contributed by atoms with van der Waals surface area (Å²) in [5.74, 6) is -10.1. The SMILES string of the molecule is COC(=O)[C@]12Oc3c(Cl)c4c(c(O)c3C(O)=C1C(=O)CC[C@@H]2O)[C@H]1C(=O)C2=C(O)c3c(O)ccc(O)c3C(=O)[C@]2(C4)[C@H]2O[C@@]12CO. The van der Waals surface area contributed by atoms with Gasteiger partial charge in [0.15, 0.2) is 23.1 Å². The maximum atomic E-state index is 14.5. The van der Waals surface area contributed by atoms with Gasteiger partial charge in [0.1, 0.15) is 52.1 Å². The molecule has 6 atom stereocenters. The van der Waals surface area contributed by atoms with Crippen LogP contribution in [0.3, 0.4) is 0 Å². The maximum Gasteiger partial charge on any atom is 0.358 e. The Morgan fingerprint density at radius 3 is 2.33 bits per heavy atom. The first-order valence-electron chi connectivity index (χ1n) is 14.1. The van der Waals surface area contributed by atoms with Gasteiger partial charge in [0.2, 0.25) is 0 Å². The van der Waals surface area contributed by atoms with E-state index < -0.39 is 138 Å². The van der Waals surface area contributed by atoms with E-state index >= 15 is 0 Å². The first kappa shape index (κ1) is 28.8. The summed E-state index contributed by atoms with van der Waals surface area (Å²) in [6.45, 7) is -0.858. The summed E-state index contributed by atoms with van der Waals surface area (Å²) in [4.78, 5) is 55.3. The number of hydrogen-bond acceptors (Lipinski definition) is 14. The molecule has 0 aromatic heterocycles. The second-order valence-electron chi connectivity index (χ2n) is 12.3. The molecular formula is C31H23ClO14. The lowest BCUT2D eigenvalue weighted by Gasteiger charge is -2.43. The number of phenols is 3. The van der Waals surface area contributed by atoms with Crippen LogP contribution in [0.15, 0.2) is 23.3 Å². The molecule has 7 aliphatic rings. The first-order chi connectivity index (χ1) is 21.8. The van der Waals surface area contributed by atoms with Crippen molar-refractivity contribution in [1.29, 1.82) is 0 Å². The zero-order valence-electron chi connectivity index (χ0n) is 23.6. The molecule has 2 aromatic rings. The summed E-state index contributed by atoms with van der Waals surface area (Å²) in [5, 5.41) is 77.5. The fourth-order valence-corrected chi connectivity index (χ4v) is 8.69. The molecule has 2 aliphatic heterocycles. The smallest absolute Gasteiger partial charge is 0.358 e. The van der Waals surface area contributed by atoms with E-state index in [1.165, 1.54) is 0 Å². The summed E-state index contributed by atoms with van der Waals surface area (Å²) in [7, 11) is 0.968. The Labute approximate surface area is 262 Å². The van der Waals surface area contributed by atoms with E-state index in [2.05, 4.69) is 0 Å². The van der Waals surface area contributed by atoms with E-state index in [0.29, 0.717) is 0 Å². The van der Waals surface area contributed by atoms with Gasteiger partial charge in [-0.3, -0.25) is 14.4 Å². The van der Waals surface area contributed by atoms with E-state index in [9.17, 15) is 54.9 Å². The van der Waals surface area contributed by atoms with Gasteiger partial charge < -0.3 is 50.0 Å². The number of aliphatic hydroxyl groups excluding tert-OH is 4. The number of hydrogen-bond donors (Lipinski definition) is 7. The molecule has 15 heteroatoms. The Morgan fingerprint density at radius 1 is 1.02 bits per heavy atom. The lowest BCUT2D eigenvalue weighted by molar-refractivity contribution is -0.169. The average Bonchev–Trinajstić information content (AvgIpc) is 3.80. The molecule has 1 spiro atoms. The van der Waals surface area contributed by atoms with Gasteiger partial charge in [0, 0.05) is 12.0 Å². The Hall–Kier alpha value is -4.63. The lowest BCUT2D eigenvalue weighted by Crippen LogP contribution is -2.61. The molecule has 9 rings (SSSR count). The van der Waals surface area contributed by atoms with Crippen LogP contribution in [0.1, 0.15) is 51.4 Å². The summed E-state index contributed by atoms with van der Waals surface area (Å²) >= 11 is 6.92. The van der Waals surface area contributed by atoms with Crippen molar-refractivity contribution in [3.63, 3.8) is 0 Å². The summed E-state index contributed by atoms with van der Waals surface area (Å²) in [6, 6.07) is 2.04. The second-order valence-corrected chi connectivity index (χ2v) is 12.6. The van der Waals surface area contributed by atoms with Crippen molar-refractivity contribution in [3.05, 3.63) is 56.1 Å². The van der Waals surface area contributed by atoms with Crippen LogP contribution in [-0.2, 0) is 30.3 Å². The predicted octanol–water partition coefficient (Wildman–Crippen LogP) is 1.26. The van der Waals surface area contributed by atoms with Crippen LogP contribution in [0, 0.1) is 5.41 Å². The highest BCUT2D eigenvalue weighted by Crippen LogP contribution is 2.72. The number of methoxy groups -OCH3 is 1. The number of epoxide rings is 1. The Balaban J connectivity index is 1.47. The van der Waals surface area contributed by atoms with Crippen molar-refractivity contribution in [1.82, 2.24) is 0 Å². The van der Waals surface area contributed by atoms with Crippen LogP contribution in [-0.4, -0.2) is 96.2 Å². The van der Waals surface area contributed by atoms with Gasteiger partial charge in [0.05, 0.1) is 52.3 Å². The number of ether oxygens (including phenoxy) is 3. The highest BCUT2D eigenvalue weighted by Gasteiger charge is 2.81. The molecule has 3 fully saturated rings. The third kappa shape index (κ3) is 2.82. The molecule has 0 amide bonds. The number of fused-ring (bicyclic) bond motifs is 3. The number of carbonyl (C=O) groups is 4. The molecule has 0 unspecified atom stereocenters. The summed E-state index contributed by atoms with van der Waals surface area (Å²) in [6.07, 6.45) is -4.19. The van der Waals surface area contributed by atoms with Gasteiger partial charge in [-0.15, -0.1) is 0 Å². The second kappa shape index (κ2) is 8.59. The van der Waals surface area contributed by atoms with Crippen LogP contribution >= 0.6 is 11.6 Å².